The molecule has 0 saturated carbocycles. The summed E-state index contributed by atoms with van der Waals surface area (Å²) in [5.74, 6) is -0.0709. The van der Waals surface area contributed by atoms with Gasteiger partial charge in [0.25, 0.3) is 0 Å². The van der Waals surface area contributed by atoms with Crippen molar-refractivity contribution in [3.63, 3.8) is 0 Å². The van der Waals surface area contributed by atoms with Gasteiger partial charge in [-0.3, -0.25) is 4.79 Å². The van der Waals surface area contributed by atoms with Crippen LogP contribution in [0.4, 0.5) is 13.2 Å². The molecule has 0 amide bonds. The van der Waals surface area contributed by atoms with Gasteiger partial charge in [0.05, 0.1) is 6.61 Å². The molecular weight excluding hydrogens is 253 g/mol. The molecule has 0 atom stereocenters. The Balaban J connectivity index is 2.06. The van der Waals surface area contributed by atoms with E-state index in [1.54, 1.807) is 11.3 Å². The van der Waals surface area contributed by atoms with E-state index in [2.05, 4.69) is 4.74 Å². The van der Waals surface area contributed by atoms with E-state index in [4.69, 9.17) is 0 Å². The Morgan fingerprint density at radius 1 is 1.35 bits per heavy atom. The molecule has 0 fully saturated rings. The summed E-state index contributed by atoms with van der Waals surface area (Å²) in [7, 11) is 0. The summed E-state index contributed by atoms with van der Waals surface area (Å²) < 4.78 is 39.5. The Hall–Kier alpha value is -0.880. The van der Waals surface area contributed by atoms with Crippen molar-refractivity contribution in [3.8, 4) is 0 Å². The highest BCUT2D eigenvalue weighted by Crippen LogP contribution is 2.14. The molecule has 1 heterocycles. The standard InChI is InChI=1S/C11H13F3O2S/c12-11(13,14)8-16-5-3-10(15)2-1-9-4-6-17-7-9/h4,6-7H,1-3,5,8H2. The van der Waals surface area contributed by atoms with Gasteiger partial charge < -0.3 is 4.74 Å². The van der Waals surface area contributed by atoms with Crippen LogP contribution < -0.4 is 0 Å². The molecule has 0 aromatic carbocycles. The van der Waals surface area contributed by atoms with Gasteiger partial charge in [0, 0.05) is 12.8 Å². The zero-order valence-electron chi connectivity index (χ0n) is 9.13. The number of carbonyl (C=O) groups excluding carboxylic acids is 1. The van der Waals surface area contributed by atoms with Crippen molar-refractivity contribution in [2.45, 2.75) is 25.4 Å². The molecule has 0 aliphatic heterocycles. The van der Waals surface area contributed by atoms with Gasteiger partial charge in [-0.05, 0) is 28.8 Å². The molecule has 0 N–H and O–H groups in total. The summed E-state index contributed by atoms with van der Waals surface area (Å²) >= 11 is 1.55. The summed E-state index contributed by atoms with van der Waals surface area (Å²) in [5.41, 5.74) is 1.08. The summed E-state index contributed by atoms with van der Waals surface area (Å²) in [4.78, 5) is 11.3. The number of hydrogen-bond donors (Lipinski definition) is 0. The van der Waals surface area contributed by atoms with E-state index in [1.165, 1.54) is 0 Å². The number of hydrogen-bond acceptors (Lipinski definition) is 3. The number of halogens is 3. The fourth-order valence-corrected chi connectivity index (χ4v) is 1.92. The molecule has 0 aliphatic rings. The fraction of sp³-hybridized carbons (Fsp3) is 0.545. The fourth-order valence-electron chi connectivity index (χ4n) is 1.22. The van der Waals surface area contributed by atoms with Crippen LogP contribution >= 0.6 is 11.3 Å². The first-order valence-corrected chi connectivity index (χ1v) is 6.09. The van der Waals surface area contributed by atoms with Crippen molar-refractivity contribution in [1.82, 2.24) is 0 Å². The summed E-state index contributed by atoms with van der Waals surface area (Å²) in [5, 5.41) is 3.87. The molecular formula is C11H13F3O2S. The van der Waals surface area contributed by atoms with E-state index in [-0.39, 0.29) is 18.8 Å². The average molecular weight is 266 g/mol. The van der Waals surface area contributed by atoms with Crippen molar-refractivity contribution < 1.29 is 22.7 Å². The number of ketones is 1. The quantitative estimate of drug-likeness (QED) is 0.708. The van der Waals surface area contributed by atoms with Crippen molar-refractivity contribution in [3.05, 3.63) is 22.4 Å². The number of thiophene rings is 1. The molecule has 1 rings (SSSR count). The van der Waals surface area contributed by atoms with E-state index < -0.39 is 12.8 Å². The highest BCUT2D eigenvalue weighted by molar-refractivity contribution is 7.07. The molecule has 2 nitrogen and oxygen atoms in total. The smallest absolute Gasteiger partial charge is 0.372 e. The first kappa shape index (κ1) is 14.2. The van der Waals surface area contributed by atoms with Crippen LogP contribution in [0.1, 0.15) is 18.4 Å². The number of carbonyl (C=O) groups is 1. The Kier molecular flexibility index (Phi) is 5.64. The van der Waals surface area contributed by atoms with Gasteiger partial charge in [-0.1, -0.05) is 0 Å². The first-order chi connectivity index (χ1) is 7.97. The van der Waals surface area contributed by atoms with E-state index >= 15 is 0 Å². The number of alkyl halides is 3. The molecule has 96 valence electrons. The Labute approximate surface area is 101 Å². The van der Waals surface area contributed by atoms with Crippen molar-refractivity contribution in [1.29, 1.82) is 0 Å². The van der Waals surface area contributed by atoms with Crippen molar-refractivity contribution >= 4 is 17.1 Å². The first-order valence-electron chi connectivity index (χ1n) is 5.14. The van der Waals surface area contributed by atoms with Gasteiger partial charge >= 0.3 is 6.18 Å². The number of aryl methyl sites for hydroxylation is 1. The van der Waals surface area contributed by atoms with Crippen LogP contribution in [0.15, 0.2) is 16.8 Å². The van der Waals surface area contributed by atoms with Gasteiger partial charge in [0.2, 0.25) is 0 Å². The van der Waals surface area contributed by atoms with Gasteiger partial charge in [-0.15, -0.1) is 0 Å². The largest absolute Gasteiger partial charge is 0.411 e. The Morgan fingerprint density at radius 2 is 2.12 bits per heavy atom. The predicted octanol–water partition coefficient (Wildman–Crippen LogP) is 3.22. The topological polar surface area (TPSA) is 26.3 Å². The lowest BCUT2D eigenvalue weighted by atomic mass is 10.1. The molecule has 6 heteroatoms. The minimum absolute atomic E-state index is 0.0419. The van der Waals surface area contributed by atoms with E-state index in [0.29, 0.717) is 12.8 Å². The molecule has 0 radical (unpaired) electrons. The van der Waals surface area contributed by atoms with Crippen LogP contribution in [0.25, 0.3) is 0 Å². The normalized spacial score (nSPS) is 11.7. The number of rotatable bonds is 7. The second-order valence-electron chi connectivity index (χ2n) is 3.59. The van der Waals surface area contributed by atoms with Gasteiger partial charge in [0.15, 0.2) is 0 Å². The van der Waals surface area contributed by atoms with Crippen LogP contribution in [0, 0.1) is 0 Å². The van der Waals surface area contributed by atoms with Crippen LogP contribution in [-0.4, -0.2) is 25.2 Å². The van der Waals surface area contributed by atoms with Gasteiger partial charge in [-0.25, -0.2) is 0 Å². The van der Waals surface area contributed by atoms with Gasteiger partial charge in [-0.2, -0.15) is 24.5 Å². The number of ether oxygens (including phenoxy) is 1. The van der Waals surface area contributed by atoms with E-state index in [0.717, 1.165) is 5.56 Å². The average Bonchev–Trinajstić information content (AvgIpc) is 2.73. The zero-order chi connectivity index (χ0) is 12.7. The van der Waals surface area contributed by atoms with E-state index in [1.807, 2.05) is 16.8 Å². The Bertz CT molecular complexity index is 333. The minimum atomic E-state index is -4.32. The lowest BCUT2D eigenvalue weighted by Gasteiger charge is -2.06. The Morgan fingerprint density at radius 3 is 2.71 bits per heavy atom. The number of Topliss-reactive ketones (excluding diaryl/α,β-unsaturated/α-hetero) is 1. The maximum atomic E-state index is 11.7. The maximum absolute atomic E-state index is 11.7. The molecule has 0 unspecified atom stereocenters. The summed E-state index contributed by atoms with van der Waals surface area (Å²) in [6.07, 6.45) is -3.28. The monoisotopic (exact) mass is 266 g/mol. The lowest BCUT2D eigenvalue weighted by Crippen LogP contribution is -2.18. The van der Waals surface area contributed by atoms with Crippen LogP contribution in [-0.2, 0) is 16.0 Å². The highest BCUT2D eigenvalue weighted by Gasteiger charge is 2.27. The molecule has 1 aromatic rings. The van der Waals surface area contributed by atoms with Gasteiger partial charge in [0.1, 0.15) is 12.4 Å². The van der Waals surface area contributed by atoms with Crippen LogP contribution in [0.5, 0.6) is 0 Å². The van der Waals surface area contributed by atoms with Crippen LogP contribution in [0.3, 0.4) is 0 Å². The summed E-state index contributed by atoms with van der Waals surface area (Å²) in [6, 6.07) is 1.93. The third-order valence-electron chi connectivity index (χ3n) is 2.06. The molecule has 0 saturated heterocycles. The maximum Gasteiger partial charge on any atom is 0.411 e. The van der Waals surface area contributed by atoms with Crippen molar-refractivity contribution in [2.75, 3.05) is 13.2 Å². The predicted molar refractivity (Wildman–Crippen MR) is 59.1 cm³/mol. The summed E-state index contributed by atoms with van der Waals surface area (Å²) in [6.45, 7) is -1.45. The molecule has 0 spiro atoms. The third kappa shape index (κ3) is 7.12. The second kappa shape index (κ2) is 6.76. The minimum Gasteiger partial charge on any atom is -0.372 e. The van der Waals surface area contributed by atoms with E-state index in [9.17, 15) is 18.0 Å². The second-order valence-corrected chi connectivity index (χ2v) is 4.37. The SMILES string of the molecule is O=C(CCOCC(F)(F)F)CCc1ccsc1. The molecule has 0 bridgehead atoms. The van der Waals surface area contributed by atoms with Crippen LogP contribution in [0.2, 0.25) is 0 Å². The highest BCUT2D eigenvalue weighted by atomic mass is 32.1. The van der Waals surface area contributed by atoms with Crippen molar-refractivity contribution in [2.24, 2.45) is 0 Å². The third-order valence-corrected chi connectivity index (χ3v) is 2.80. The lowest BCUT2D eigenvalue weighted by molar-refractivity contribution is -0.174. The molecule has 0 aliphatic carbocycles. The molecule has 17 heavy (non-hydrogen) atoms. The zero-order valence-corrected chi connectivity index (χ0v) is 9.94. The molecule has 1 aromatic heterocycles.